The van der Waals surface area contributed by atoms with E-state index in [0.29, 0.717) is 37.6 Å². The minimum absolute atomic E-state index is 0.152. The molecule has 7 heteroatoms. The van der Waals surface area contributed by atoms with Crippen LogP contribution in [0.3, 0.4) is 0 Å². The van der Waals surface area contributed by atoms with Crippen molar-refractivity contribution in [2.45, 2.75) is 58.2 Å². The highest BCUT2D eigenvalue weighted by Crippen LogP contribution is 2.50. The number of methoxy groups -OCH3 is 1. The van der Waals surface area contributed by atoms with Crippen molar-refractivity contribution in [2.75, 3.05) is 26.8 Å². The van der Waals surface area contributed by atoms with Crippen molar-refractivity contribution < 1.29 is 23.8 Å². The van der Waals surface area contributed by atoms with E-state index >= 15 is 0 Å². The zero-order valence-electron chi connectivity index (χ0n) is 24.6. The summed E-state index contributed by atoms with van der Waals surface area (Å²) < 4.78 is 17.4. The fraction of sp³-hybridized carbons (Fsp3) is 0.412. The molecule has 0 radical (unpaired) electrons. The molecular weight excluding hydrogens is 516 g/mol. The molecule has 3 aromatic carbocycles. The molecule has 0 aliphatic carbocycles. The van der Waals surface area contributed by atoms with Gasteiger partial charge in [0, 0.05) is 25.6 Å². The summed E-state index contributed by atoms with van der Waals surface area (Å²) in [4.78, 5) is 31.6. The molecule has 2 aliphatic heterocycles. The third kappa shape index (κ3) is 5.82. The van der Waals surface area contributed by atoms with Crippen LogP contribution in [0.1, 0.15) is 62.8 Å². The van der Waals surface area contributed by atoms with Crippen LogP contribution in [0.2, 0.25) is 0 Å². The fourth-order valence-electron chi connectivity index (χ4n) is 6.25. The van der Waals surface area contributed by atoms with Crippen molar-refractivity contribution in [2.24, 2.45) is 5.41 Å². The number of carbonyl (C=O) groups excluding carboxylic acids is 2. The van der Waals surface area contributed by atoms with Crippen molar-refractivity contribution in [1.29, 1.82) is 0 Å². The van der Waals surface area contributed by atoms with E-state index in [0.717, 1.165) is 11.1 Å². The van der Waals surface area contributed by atoms with Gasteiger partial charge in [0.15, 0.2) is 11.5 Å². The van der Waals surface area contributed by atoms with Crippen LogP contribution in [0.5, 0.6) is 11.5 Å². The molecule has 0 saturated carbocycles. The van der Waals surface area contributed by atoms with Crippen LogP contribution in [0, 0.1) is 5.41 Å². The van der Waals surface area contributed by atoms with Crippen LogP contribution in [-0.4, -0.2) is 54.2 Å². The summed E-state index contributed by atoms with van der Waals surface area (Å²) >= 11 is 0. The Morgan fingerprint density at radius 2 is 1.66 bits per heavy atom. The van der Waals surface area contributed by atoms with Crippen LogP contribution in [0.25, 0.3) is 0 Å². The highest BCUT2D eigenvalue weighted by atomic mass is 16.6. The Morgan fingerprint density at radius 1 is 0.976 bits per heavy atom. The molecule has 0 N–H and O–H groups in total. The van der Waals surface area contributed by atoms with Crippen molar-refractivity contribution in [3.8, 4) is 11.5 Å². The van der Waals surface area contributed by atoms with Gasteiger partial charge in [-0.1, -0.05) is 73.7 Å². The number of cyclic esters (lactones) is 1. The molecule has 5 rings (SSSR count). The van der Waals surface area contributed by atoms with Crippen molar-refractivity contribution in [3.05, 3.63) is 95.6 Å². The topological polar surface area (TPSA) is 68.3 Å². The fourth-order valence-corrected chi connectivity index (χ4v) is 6.25. The number of rotatable bonds is 8. The van der Waals surface area contributed by atoms with E-state index in [1.54, 1.807) is 7.11 Å². The predicted molar refractivity (Wildman–Crippen MR) is 158 cm³/mol. The number of likely N-dealkylation sites (tertiary alicyclic amines) is 1. The summed E-state index contributed by atoms with van der Waals surface area (Å²) in [6.45, 7) is 10.1. The van der Waals surface area contributed by atoms with Crippen molar-refractivity contribution >= 4 is 12.0 Å². The van der Waals surface area contributed by atoms with E-state index in [1.165, 1.54) is 10.5 Å². The first-order chi connectivity index (χ1) is 19.6. The largest absolute Gasteiger partial charge is 0.493 e. The SMILES string of the molecule is CCC1(C(=O)N2C(=O)OC[C@H]2c2ccccc2)CN(Cc2ccccc2)CC1c1ccc(OC)c(OC(C)(C)C)c1. The Kier molecular flexibility index (Phi) is 8.09. The summed E-state index contributed by atoms with van der Waals surface area (Å²) in [5, 5.41) is 0. The van der Waals surface area contributed by atoms with Gasteiger partial charge in [0.05, 0.1) is 12.5 Å². The number of amides is 2. The molecule has 2 heterocycles. The maximum Gasteiger partial charge on any atom is 0.417 e. The highest BCUT2D eigenvalue weighted by Gasteiger charge is 2.56. The van der Waals surface area contributed by atoms with E-state index in [9.17, 15) is 9.59 Å². The van der Waals surface area contributed by atoms with Gasteiger partial charge >= 0.3 is 6.09 Å². The average Bonchev–Trinajstić information content (AvgIpc) is 3.54. The molecule has 2 fully saturated rings. The Labute approximate surface area is 243 Å². The quantitative estimate of drug-likeness (QED) is 0.312. The molecule has 0 aromatic heterocycles. The smallest absolute Gasteiger partial charge is 0.417 e. The minimum Gasteiger partial charge on any atom is -0.493 e. The molecular formula is C34H40N2O5. The number of nitrogens with zero attached hydrogens (tertiary/aromatic N) is 2. The molecule has 3 aromatic rings. The highest BCUT2D eigenvalue weighted by molar-refractivity contribution is 5.98. The van der Waals surface area contributed by atoms with Crippen LogP contribution in [-0.2, 0) is 16.1 Å². The first-order valence-electron chi connectivity index (χ1n) is 14.3. The lowest BCUT2D eigenvalue weighted by molar-refractivity contribution is -0.140. The summed E-state index contributed by atoms with van der Waals surface area (Å²) in [7, 11) is 1.63. The summed E-state index contributed by atoms with van der Waals surface area (Å²) in [5.41, 5.74) is 1.78. The van der Waals surface area contributed by atoms with Crippen LogP contribution < -0.4 is 9.47 Å². The van der Waals surface area contributed by atoms with E-state index in [4.69, 9.17) is 14.2 Å². The second-order valence-corrected chi connectivity index (χ2v) is 12.0. The molecule has 216 valence electrons. The van der Waals surface area contributed by atoms with Gasteiger partial charge in [0.2, 0.25) is 5.91 Å². The Bertz CT molecular complexity index is 1370. The number of imide groups is 1. The lowest BCUT2D eigenvalue weighted by Gasteiger charge is -2.36. The Hall–Kier alpha value is -3.84. The lowest BCUT2D eigenvalue weighted by atomic mass is 9.71. The second-order valence-electron chi connectivity index (χ2n) is 12.0. The zero-order chi connectivity index (χ0) is 29.2. The van der Waals surface area contributed by atoms with Gasteiger partial charge in [-0.2, -0.15) is 0 Å². The maximum atomic E-state index is 14.8. The van der Waals surface area contributed by atoms with E-state index < -0.39 is 23.2 Å². The monoisotopic (exact) mass is 556 g/mol. The van der Waals surface area contributed by atoms with Gasteiger partial charge in [0.25, 0.3) is 0 Å². The van der Waals surface area contributed by atoms with Crippen LogP contribution in [0.15, 0.2) is 78.9 Å². The molecule has 2 unspecified atom stereocenters. The number of hydrogen-bond acceptors (Lipinski definition) is 6. The molecule has 2 aliphatic rings. The van der Waals surface area contributed by atoms with Crippen LogP contribution >= 0.6 is 0 Å². The second kappa shape index (κ2) is 11.6. The van der Waals surface area contributed by atoms with Gasteiger partial charge in [-0.25, -0.2) is 9.69 Å². The maximum absolute atomic E-state index is 14.8. The molecule has 3 atom stereocenters. The van der Waals surface area contributed by atoms with Gasteiger partial charge < -0.3 is 14.2 Å². The number of hydrogen-bond donors (Lipinski definition) is 0. The number of benzene rings is 3. The Balaban J connectivity index is 1.57. The molecule has 2 amide bonds. The third-order valence-electron chi connectivity index (χ3n) is 8.20. The normalized spacial score (nSPS) is 23.0. The lowest BCUT2D eigenvalue weighted by Crippen LogP contribution is -2.49. The van der Waals surface area contributed by atoms with E-state index in [-0.39, 0.29) is 18.4 Å². The Morgan fingerprint density at radius 3 is 2.29 bits per heavy atom. The first-order valence-corrected chi connectivity index (χ1v) is 14.3. The predicted octanol–water partition coefficient (Wildman–Crippen LogP) is 6.59. The molecule has 0 bridgehead atoms. The number of ether oxygens (including phenoxy) is 3. The molecule has 0 spiro atoms. The minimum atomic E-state index is -0.848. The van der Waals surface area contributed by atoms with Gasteiger partial charge in [-0.05, 0) is 56.0 Å². The summed E-state index contributed by atoms with van der Waals surface area (Å²) in [5.74, 6) is 0.912. The summed E-state index contributed by atoms with van der Waals surface area (Å²) in [6.07, 6.45) is -0.0161. The van der Waals surface area contributed by atoms with E-state index in [1.807, 2.05) is 94.4 Å². The van der Waals surface area contributed by atoms with Gasteiger partial charge in [0.1, 0.15) is 18.2 Å². The molecule has 41 heavy (non-hydrogen) atoms. The average molecular weight is 557 g/mol. The van der Waals surface area contributed by atoms with Crippen molar-refractivity contribution in [3.63, 3.8) is 0 Å². The standard InChI is InChI=1S/C34H40N2O5/c1-6-34(31(37)36-28(22-40-32(36)38)25-15-11-8-12-16-25)23-35(20-24-13-9-7-10-14-24)21-27(34)26-17-18-29(39-5)30(19-26)41-33(2,3)4/h7-19,27-28H,6,20-23H2,1-5H3/t27?,28-,34?/m0/s1. The van der Waals surface area contributed by atoms with Crippen LogP contribution in [0.4, 0.5) is 4.79 Å². The number of carbonyl (C=O) groups is 2. The third-order valence-corrected chi connectivity index (χ3v) is 8.20. The van der Waals surface area contributed by atoms with Gasteiger partial charge in [-0.15, -0.1) is 0 Å². The molecule has 7 nitrogen and oxygen atoms in total. The van der Waals surface area contributed by atoms with Gasteiger partial charge in [-0.3, -0.25) is 9.69 Å². The van der Waals surface area contributed by atoms with Crippen molar-refractivity contribution in [1.82, 2.24) is 9.80 Å². The first kappa shape index (κ1) is 28.7. The summed E-state index contributed by atoms with van der Waals surface area (Å²) in [6, 6.07) is 25.4. The van der Waals surface area contributed by atoms with E-state index in [2.05, 4.69) is 17.0 Å². The zero-order valence-corrected chi connectivity index (χ0v) is 24.6. The molecule has 2 saturated heterocycles.